The molecule has 1 aromatic heterocycles. The number of halogens is 3. The Morgan fingerprint density at radius 3 is 2.39 bits per heavy atom. The van der Waals surface area contributed by atoms with Gasteiger partial charge in [-0.2, -0.15) is 13.2 Å². The summed E-state index contributed by atoms with van der Waals surface area (Å²) >= 11 is 0. The molecular weight excluding hydrogens is 379 g/mol. The molecule has 2 heterocycles. The van der Waals surface area contributed by atoms with Crippen LogP contribution in [0.2, 0.25) is 0 Å². The van der Waals surface area contributed by atoms with Crippen LogP contribution in [0.3, 0.4) is 0 Å². The van der Waals surface area contributed by atoms with E-state index in [9.17, 15) is 27.6 Å². The molecule has 0 aliphatic carbocycles. The number of ether oxygens (including phenoxy) is 1. The van der Waals surface area contributed by atoms with E-state index in [1.165, 1.54) is 30.2 Å². The van der Waals surface area contributed by atoms with Crippen LogP contribution in [0.4, 0.5) is 13.2 Å². The van der Waals surface area contributed by atoms with E-state index in [2.05, 4.69) is 4.98 Å². The number of aromatic amines is 1. The lowest BCUT2D eigenvalue weighted by molar-refractivity contribution is -0.137. The second-order valence-electron chi connectivity index (χ2n) is 6.39. The Balaban J connectivity index is 1.84. The zero-order valence-corrected chi connectivity index (χ0v) is 15.0. The number of hydrogen-bond acceptors (Lipinski definition) is 4. The van der Waals surface area contributed by atoms with E-state index in [4.69, 9.17) is 4.74 Å². The fraction of sp³-hybridized carbons (Fsp3) is 0.389. The number of benzene rings is 1. The number of piperazine rings is 1. The highest BCUT2D eigenvalue weighted by molar-refractivity contribution is 5.97. The van der Waals surface area contributed by atoms with Crippen molar-refractivity contribution < 1.29 is 27.5 Å². The molecule has 0 bridgehead atoms. The number of carbonyl (C=O) groups is 2. The van der Waals surface area contributed by atoms with E-state index in [1.807, 2.05) is 0 Å². The van der Waals surface area contributed by atoms with Gasteiger partial charge in [0, 0.05) is 33.3 Å². The maximum atomic E-state index is 13.1. The smallest absolute Gasteiger partial charge is 0.375 e. The predicted octanol–water partition coefficient (Wildman–Crippen LogP) is 1.48. The van der Waals surface area contributed by atoms with Crippen LogP contribution in [-0.2, 0) is 15.7 Å². The van der Waals surface area contributed by atoms with E-state index < -0.39 is 23.2 Å². The van der Waals surface area contributed by atoms with Gasteiger partial charge >= 0.3 is 6.18 Å². The van der Waals surface area contributed by atoms with Crippen molar-refractivity contribution in [3.8, 4) is 0 Å². The highest BCUT2D eigenvalue weighted by Gasteiger charge is 2.33. The first-order valence-electron chi connectivity index (χ1n) is 8.51. The van der Waals surface area contributed by atoms with Gasteiger partial charge in [0.25, 0.3) is 11.5 Å². The third-order valence-electron chi connectivity index (χ3n) is 4.60. The number of carbonyl (C=O) groups excluding carboxylic acids is 2. The van der Waals surface area contributed by atoms with E-state index in [0.29, 0.717) is 0 Å². The van der Waals surface area contributed by atoms with Crippen LogP contribution < -0.4 is 5.56 Å². The number of nitrogens with zero attached hydrogens (tertiary/aromatic N) is 2. The Labute approximate surface area is 157 Å². The lowest BCUT2D eigenvalue weighted by atomic mass is 10.1. The van der Waals surface area contributed by atoms with Gasteiger partial charge < -0.3 is 19.5 Å². The Morgan fingerprint density at radius 2 is 1.79 bits per heavy atom. The van der Waals surface area contributed by atoms with Crippen molar-refractivity contribution >= 4 is 22.7 Å². The van der Waals surface area contributed by atoms with Gasteiger partial charge in [0.15, 0.2) is 0 Å². The molecule has 150 valence electrons. The van der Waals surface area contributed by atoms with Gasteiger partial charge in [-0.1, -0.05) is 12.1 Å². The topological polar surface area (TPSA) is 82.7 Å². The molecule has 0 unspecified atom stereocenters. The first-order valence-corrected chi connectivity index (χ1v) is 8.51. The van der Waals surface area contributed by atoms with Crippen molar-refractivity contribution in [3.63, 3.8) is 0 Å². The minimum Gasteiger partial charge on any atom is -0.375 e. The van der Waals surface area contributed by atoms with E-state index in [1.54, 1.807) is 4.90 Å². The number of methoxy groups -OCH3 is 1. The number of nitrogens with one attached hydrogen (secondary N) is 1. The quantitative estimate of drug-likeness (QED) is 0.851. The van der Waals surface area contributed by atoms with Gasteiger partial charge in [0.1, 0.15) is 12.2 Å². The number of fused-ring (bicyclic) bond motifs is 1. The van der Waals surface area contributed by atoms with Crippen molar-refractivity contribution in [2.24, 2.45) is 0 Å². The van der Waals surface area contributed by atoms with Crippen LogP contribution in [0, 0.1) is 0 Å². The number of aromatic nitrogens is 1. The molecule has 2 aromatic rings. The van der Waals surface area contributed by atoms with Gasteiger partial charge in [0.05, 0.1) is 11.1 Å². The monoisotopic (exact) mass is 397 g/mol. The van der Waals surface area contributed by atoms with E-state index >= 15 is 0 Å². The number of alkyl halides is 3. The minimum absolute atomic E-state index is 0.0557. The molecule has 28 heavy (non-hydrogen) atoms. The number of para-hydroxylation sites is 1. The van der Waals surface area contributed by atoms with Crippen molar-refractivity contribution in [2.75, 3.05) is 39.9 Å². The number of hydrogen-bond donors (Lipinski definition) is 1. The fourth-order valence-electron chi connectivity index (χ4n) is 3.17. The summed E-state index contributed by atoms with van der Waals surface area (Å²) in [5.74, 6) is -0.780. The molecule has 7 nitrogen and oxygen atoms in total. The van der Waals surface area contributed by atoms with E-state index in [0.717, 1.165) is 6.07 Å². The molecule has 1 fully saturated rings. The zero-order chi connectivity index (χ0) is 20.5. The van der Waals surface area contributed by atoms with Gasteiger partial charge in [0.2, 0.25) is 5.91 Å². The lowest BCUT2D eigenvalue weighted by Gasteiger charge is -2.34. The van der Waals surface area contributed by atoms with Crippen LogP contribution in [-0.4, -0.2) is 66.5 Å². The molecule has 10 heteroatoms. The van der Waals surface area contributed by atoms with Gasteiger partial charge in [-0.25, -0.2) is 0 Å². The average molecular weight is 397 g/mol. The molecular formula is C18H18F3N3O4. The molecule has 1 aliphatic heterocycles. The molecule has 1 aromatic carbocycles. The molecule has 1 N–H and O–H groups in total. The second-order valence-corrected chi connectivity index (χ2v) is 6.39. The summed E-state index contributed by atoms with van der Waals surface area (Å²) < 4.78 is 44.1. The van der Waals surface area contributed by atoms with Crippen molar-refractivity contribution in [1.29, 1.82) is 0 Å². The molecule has 0 atom stereocenters. The summed E-state index contributed by atoms with van der Waals surface area (Å²) in [5.41, 5.74) is -2.44. The number of pyridine rings is 1. The second kappa shape index (κ2) is 7.63. The Bertz CT molecular complexity index is 963. The maximum Gasteiger partial charge on any atom is 0.418 e. The number of rotatable bonds is 3. The fourth-order valence-corrected chi connectivity index (χ4v) is 3.17. The lowest BCUT2D eigenvalue weighted by Crippen LogP contribution is -2.52. The molecule has 1 saturated heterocycles. The summed E-state index contributed by atoms with van der Waals surface area (Å²) in [7, 11) is 1.41. The predicted molar refractivity (Wildman–Crippen MR) is 93.9 cm³/mol. The van der Waals surface area contributed by atoms with Gasteiger partial charge in [-0.05, 0) is 17.5 Å². The largest absolute Gasteiger partial charge is 0.418 e. The van der Waals surface area contributed by atoms with Crippen LogP contribution in [0.5, 0.6) is 0 Å². The first kappa shape index (κ1) is 19.9. The summed E-state index contributed by atoms with van der Waals surface area (Å²) in [6.07, 6.45) is -4.63. The first-order chi connectivity index (χ1) is 13.2. The molecule has 1 aliphatic rings. The third kappa shape index (κ3) is 3.86. The van der Waals surface area contributed by atoms with Crippen LogP contribution in [0.1, 0.15) is 15.9 Å². The number of amides is 2. The van der Waals surface area contributed by atoms with Crippen molar-refractivity contribution in [1.82, 2.24) is 14.8 Å². The standard InChI is InChI=1S/C18H18F3N3O4/c1-28-10-14(25)23-5-7-24(8-6-23)17(27)12-9-11-3-2-4-13(18(19,20)21)15(11)22-16(12)26/h2-4,9H,5-8,10H2,1H3,(H,22,26). The Hall–Kier alpha value is -2.88. The molecule has 0 spiro atoms. The summed E-state index contributed by atoms with van der Waals surface area (Å²) in [4.78, 5) is 42.0. The SMILES string of the molecule is COCC(=O)N1CCN(C(=O)c2cc3cccc(C(F)(F)F)c3[nH]c2=O)CC1. The highest BCUT2D eigenvalue weighted by atomic mass is 19.4. The highest BCUT2D eigenvalue weighted by Crippen LogP contribution is 2.33. The third-order valence-corrected chi connectivity index (χ3v) is 4.60. The van der Waals surface area contributed by atoms with Crippen LogP contribution in [0.25, 0.3) is 10.9 Å². The van der Waals surface area contributed by atoms with Crippen LogP contribution in [0.15, 0.2) is 29.1 Å². The minimum atomic E-state index is -4.63. The molecule has 0 radical (unpaired) electrons. The molecule has 2 amide bonds. The summed E-state index contributed by atoms with van der Waals surface area (Å²) in [6.45, 7) is 0.956. The van der Waals surface area contributed by atoms with Gasteiger partial charge in [-0.3, -0.25) is 14.4 Å². The Kier molecular flexibility index (Phi) is 5.41. The summed E-state index contributed by atoms with van der Waals surface area (Å²) in [5, 5.41) is 0.117. The zero-order valence-electron chi connectivity index (χ0n) is 15.0. The summed E-state index contributed by atoms with van der Waals surface area (Å²) in [6, 6.07) is 4.67. The Morgan fingerprint density at radius 1 is 1.14 bits per heavy atom. The van der Waals surface area contributed by atoms with E-state index in [-0.39, 0.29) is 55.2 Å². The molecule has 3 rings (SSSR count). The average Bonchev–Trinajstić information content (AvgIpc) is 2.66. The van der Waals surface area contributed by atoms with Gasteiger partial charge in [-0.15, -0.1) is 0 Å². The molecule has 0 saturated carbocycles. The van der Waals surface area contributed by atoms with Crippen LogP contribution >= 0.6 is 0 Å². The maximum absolute atomic E-state index is 13.1. The van der Waals surface area contributed by atoms with Crippen molar-refractivity contribution in [2.45, 2.75) is 6.18 Å². The van der Waals surface area contributed by atoms with Crippen molar-refractivity contribution in [3.05, 3.63) is 45.7 Å². The normalized spacial score (nSPS) is 15.1. The number of H-pyrrole nitrogens is 1.